The van der Waals surface area contributed by atoms with Crippen LogP contribution in [-0.2, 0) is 17.8 Å². The third-order valence-corrected chi connectivity index (χ3v) is 3.27. The summed E-state index contributed by atoms with van der Waals surface area (Å²) in [5.74, 6) is -0.571. The van der Waals surface area contributed by atoms with Gasteiger partial charge in [0, 0.05) is 23.8 Å². The number of para-hydroxylation sites is 1. The second kappa shape index (κ2) is 6.30. The first-order chi connectivity index (χ1) is 10.7. The van der Waals surface area contributed by atoms with Crippen molar-refractivity contribution in [2.45, 2.75) is 13.0 Å². The highest BCUT2D eigenvalue weighted by atomic mass is 19.1. The van der Waals surface area contributed by atoms with Crippen molar-refractivity contribution in [2.75, 3.05) is 0 Å². The van der Waals surface area contributed by atoms with Crippen molar-refractivity contribution >= 4 is 16.8 Å². The highest BCUT2D eigenvalue weighted by Gasteiger charge is 2.05. The molecule has 0 saturated carbocycles. The third-order valence-electron chi connectivity index (χ3n) is 3.27. The molecule has 0 aliphatic rings. The number of fused-ring (bicyclic) bond motifs is 1. The number of hydrogen-bond acceptors (Lipinski definition) is 3. The van der Waals surface area contributed by atoms with Crippen molar-refractivity contribution in [3.05, 3.63) is 71.9 Å². The van der Waals surface area contributed by atoms with E-state index in [9.17, 15) is 9.18 Å². The van der Waals surface area contributed by atoms with Crippen LogP contribution in [0.5, 0.6) is 0 Å². The maximum atomic E-state index is 12.8. The van der Waals surface area contributed by atoms with Gasteiger partial charge in [0.1, 0.15) is 5.82 Å². The number of benzene rings is 1. The molecule has 1 amide bonds. The number of aromatic nitrogens is 2. The van der Waals surface area contributed by atoms with E-state index in [0.29, 0.717) is 12.2 Å². The van der Waals surface area contributed by atoms with E-state index in [-0.39, 0.29) is 12.3 Å². The van der Waals surface area contributed by atoms with Crippen LogP contribution in [0.25, 0.3) is 10.9 Å². The van der Waals surface area contributed by atoms with Crippen molar-refractivity contribution < 1.29 is 9.18 Å². The molecule has 2 heterocycles. The Morgan fingerprint density at radius 3 is 2.77 bits per heavy atom. The van der Waals surface area contributed by atoms with Crippen LogP contribution >= 0.6 is 0 Å². The lowest BCUT2D eigenvalue weighted by Gasteiger charge is -2.06. The van der Waals surface area contributed by atoms with Gasteiger partial charge in [0.05, 0.1) is 18.1 Å². The zero-order valence-corrected chi connectivity index (χ0v) is 11.8. The molecule has 0 atom stereocenters. The minimum Gasteiger partial charge on any atom is -0.352 e. The van der Waals surface area contributed by atoms with Gasteiger partial charge >= 0.3 is 0 Å². The lowest BCUT2D eigenvalue weighted by atomic mass is 10.1. The van der Waals surface area contributed by atoms with Crippen molar-refractivity contribution in [2.24, 2.45) is 0 Å². The SMILES string of the molecule is O=C(Cc1ccc(F)cn1)NCc1cnc2ccccc2c1. The van der Waals surface area contributed by atoms with E-state index in [1.165, 1.54) is 12.1 Å². The number of hydrogen-bond donors (Lipinski definition) is 1. The summed E-state index contributed by atoms with van der Waals surface area (Å²) in [6.45, 7) is 0.401. The Kier molecular flexibility index (Phi) is 4.05. The molecule has 4 nitrogen and oxygen atoms in total. The number of rotatable bonds is 4. The van der Waals surface area contributed by atoms with Crippen molar-refractivity contribution in [1.29, 1.82) is 0 Å². The average Bonchev–Trinajstić information content (AvgIpc) is 2.55. The Morgan fingerprint density at radius 2 is 1.95 bits per heavy atom. The monoisotopic (exact) mass is 295 g/mol. The summed E-state index contributed by atoms with van der Waals surface area (Å²) in [6.07, 6.45) is 2.98. The van der Waals surface area contributed by atoms with Gasteiger partial charge < -0.3 is 5.32 Å². The molecule has 1 N–H and O–H groups in total. The van der Waals surface area contributed by atoms with Gasteiger partial charge in [-0.2, -0.15) is 0 Å². The van der Waals surface area contributed by atoms with Gasteiger partial charge in [-0.25, -0.2) is 4.39 Å². The van der Waals surface area contributed by atoms with Crippen LogP contribution in [0.2, 0.25) is 0 Å². The number of amides is 1. The molecule has 0 radical (unpaired) electrons. The smallest absolute Gasteiger partial charge is 0.226 e. The van der Waals surface area contributed by atoms with E-state index >= 15 is 0 Å². The average molecular weight is 295 g/mol. The van der Waals surface area contributed by atoms with E-state index in [4.69, 9.17) is 0 Å². The number of halogens is 1. The Bertz CT molecular complexity index is 802. The Balaban J connectivity index is 1.60. The molecule has 3 rings (SSSR count). The van der Waals surface area contributed by atoms with Gasteiger partial charge in [-0.1, -0.05) is 18.2 Å². The summed E-state index contributed by atoms with van der Waals surface area (Å²) in [5, 5.41) is 3.85. The second-order valence-electron chi connectivity index (χ2n) is 4.96. The van der Waals surface area contributed by atoms with E-state index in [0.717, 1.165) is 22.7 Å². The van der Waals surface area contributed by atoms with Crippen molar-refractivity contribution in [1.82, 2.24) is 15.3 Å². The largest absolute Gasteiger partial charge is 0.352 e. The van der Waals surface area contributed by atoms with Gasteiger partial charge in [-0.05, 0) is 29.8 Å². The molecule has 0 bridgehead atoms. The van der Waals surface area contributed by atoms with Crippen LogP contribution in [0.3, 0.4) is 0 Å². The van der Waals surface area contributed by atoms with Crippen LogP contribution in [-0.4, -0.2) is 15.9 Å². The first-order valence-corrected chi connectivity index (χ1v) is 6.91. The zero-order chi connectivity index (χ0) is 15.4. The molecular weight excluding hydrogens is 281 g/mol. The molecule has 0 saturated heterocycles. The van der Waals surface area contributed by atoms with E-state index in [2.05, 4.69) is 15.3 Å². The standard InChI is InChI=1S/C17H14FN3O/c18-14-5-6-15(19-11-14)8-17(22)21-10-12-7-13-3-1-2-4-16(13)20-9-12/h1-7,9,11H,8,10H2,(H,21,22). The van der Waals surface area contributed by atoms with Crippen molar-refractivity contribution in [3.63, 3.8) is 0 Å². The fourth-order valence-electron chi connectivity index (χ4n) is 2.15. The van der Waals surface area contributed by atoms with Crippen molar-refractivity contribution in [3.8, 4) is 0 Å². The lowest BCUT2D eigenvalue weighted by molar-refractivity contribution is -0.120. The number of carbonyl (C=O) groups is 1. The summed E-state index contributed by atoms with van der Waals surface area (Å²) in [5.41, 5.74) is 2.39. The minimum absolute atomic E-state index is 0.126. The molecule has 5 heteroatoms. The zero-order valence-electron chi connectivity index (χ0n) is 11.8. The molecule has 110 valence electrons. The number of pyridine rings is 2. The summed E-state index contributed by atoms with van der Waals surface area (Å²) in [4.78, 5) is 20.1. The first-order valence-electron chi connectivity index (χ1n) is 6.91. The number of nitrogens with one attached hydrogen (secondary N) is 1. The predicted octanol–water partition coefficient (Wildman–Crippen LogP) is 2.63. The lowest BCUT2D eigenvalue weighted by Crippen LogP contribution is -2.25. The molecule has 0 aliphatic heterocycles. The summed E-state index contributed by atoms with van der Waals surface area (Å²) < 4.78 is 12.8. The molecule has 0 fully saturated rings. The Hall–Kier alpha value is -2.82. The van der Waals surface area contributed by atoms with E-state index in [1.807, 2.05) is 30.3 Å². The molecule has 1 aromatic carbocycles. The quantitative estimate of drug-likeness (QED) is 0.805. The van der Waals surface area contributed by atoms with Gasteiger partial charge in [-0.15, -0.1) is 0 Å². The highest BCUT2D eigenvalue weighted by molar-refractivity contribution is 5.80. The highest BCUT2D eigenvalue weighted by Crippen LogP contribution is 2.12. The van der Waals surface area contributed by atoms with E-state index in [1.54, 1.807) is 6.20 Å². The molecule has 0 unspecified atom stereocenters. The van der Waals surface area contributed by atoms with Gasteiger partial charge in [0.2, 0.25) is 5.91 Å². The maximum absolute atomic E-state index is 12.8. The fourth-order valence-corrected chi connectivity index (χ4v) is 2.15. The van der Waals surface area contributed by atoms with Crippen LogP contribution in [0.15, 0.2) is 54.9 Å². The first kappa shape index (κ1) is 14.1. The molecule has 0 spiro atoms. The van der Waals surface area contributed by atoms with E-state index < -0.39 is 5.82 Å². The summed E-state index contributed by atoms with van der Waals surface area (Å²) in [7, 11) is 0. The minimum atomic E-state index is -0.411. The Morgan fingerprint density at radius 1 is 1.09 bits per heavy atom. The molecule has 22 heavy (non-hydrogen) atoms. The van der Waals surface area contributed by atoms with Crippen LogP contribution in [0, 0.1) is 5.82 Å². The number of nitrogens with zero attached hydrogens (tertiary/aromatic N) is 2. The van der Waals surface area contributed by atoms with Gasteiger partial charge in [0.15, 0.2) is 0 Å². The van der Waals surface area contributed by atoms with Gasteiger partial charge in [-0.3, -0.25) is 14.8 Å². The second-order valence-corrected chi connectivity index (χ2v) is 4.96. The molecule has 3 aromatic rings. The summed E-state index contributed by atoms with van der Waals surface area (Å²) >= 11 is 0. The van der Waals surface area contributed by atoms with Crippen LogP contribution < -0.4 is 5.32 Å². The topological polar surface area (TPSA) is 54.9 Å². The predicted molar refractivity (Wildman–Crippen MR) is 81.5 cm³/mol. The fraction of sp³-hybridized carbons (Fsp3) is 0.118. The Labute approximate surface area is 127 Å². The number of carbonyl (C=O) groups excluding carboxylic acids is 1. The van der Waals surface area contributed by atoms with Crippen LogP contribution in [0.4, 0.5) is 4.39 Å². The molecule has 0 aliphatic carbocycles. The summed E-state index contributed by atoms with van der Waals surface area (Å²) in [6, 6.07) is 12.6. The van der Waals surface area contributed by atoms with Crippen LogP contribution in [0.1, 0.15) is 11.3 Å². The van der Waals surface area contributed by atoms with Gasteiger partial charge in [0.25, 0.3) is 0 Å². The normalized spacial score (nSPS) is 10.6. The molecular formula is C17H14FN3O. The molecule has 2 aromatic heterocycles. The maximum Gasteiger partial charge on any atom is 0.226 e. The third kappa shape index (κ3) is 3.44.